The third-order valence-electron chi connectivity index (χ3n) is 11.7. The zero-order valence-electron chi connectivity index (χ0n) is 28.1. The number of benzene rings is 2. The number of piperazine rings is 1. The number of terminal acetylenes is 1. The van der Waals surface area contributed by atoms with E-state index in [1.54, 1.807) is 0 Å². The highest BCUT2D eigenvalue weighted by Gasteiger charge is 2.52. The van der Waals surface area contributed by atoms with Gasteiger partial charge in [-0.3, -0.25) is 4.90 Å². The SMILES string of the molecule is C#Cc1c(F)ccc2cc(O)cc(-c3nc(OC)c4c(N5CC6CCC(C7COC7)(C5)N6)nc(OC[C@@]56CCCN5C/C(=C/F)C6)nc4c3F)c12. The first-order chi connectivity index (χ1) is 24.7. The van der Waals surface area contributed by atoms with Crippen molar-refractivity contribution in [2.75, 3.05) is 58.0 Å². The maximum Gasteiger partial charge on any atom is 0.319 e. The number of rotatable bonds is 7. The molecule has 2 aromatic carbocycles. The molecule has 3 atom stereocenters. The van der Waals surface area contributed by atoms with Gasteiger partial charge in [-0.25, -0.2) is 18.2 Å². The zero-order valence-corrected chi connectivity index (χ0v) is 28.1. The number of phenolic OH excluding ortho intramolecular Hbond substituents is 1. The molecule has 0 radical (unpaired) electrons. The first kappa shape index (κ1) is 32.3. The van der Waals surface area contributed by atoms with Gasteiger partial charge in [-0.15, -0.1) is 6.42 Å². The summed E-state index contributed by atoms with van der Waals surface area (Å²) in [4.78, 5) is 18.6. The summed E-state index contributed by atoms with van der Waals surface area (Å²) < 4.78 is 63.8. The number of hydrogen-bond donors (Lipinski definition) is 2. The monoisotopic (exact) mass is 698 g/mol. The van der Waals surface area contributed by atoms with E-state index in [9.17, 15) is 9.50 Å². The Morgan fingerprint density at radius 1 is 1.18 bits per heavy atom. The number of hydrogen-bond acceptors (Lipinski definition) is 10. The average molecular weight is 699 g/mol. The predicted octanol–water partition coefficient (Wildman–Crippen LogP) is 5.25. The van der Waals surface area contributed by atoms with Crippen molar-refractivity contribution in [2.45, 2.75) is 49.2 Å². The first-order valence-electron chi connectivity index (χ1n) is 17.4. The van der Waals surface area contributed by atoms with Crippen molar-refractivity contribution in [2.24, 2.45) is 5.92 Å². The van der Waals surface area contributed by atoms with Crippen molar-refractivity contribution >= 4 is 27.5 Å². The van der Waals surface area contributed by atoms with Crippen LogP contribution in [0, 0.1) is 29.9 Å². The van der Waals surface area contributed by atoms with Gasteiger partial charge in [0.25, 0.3) is 0 Å². The number of nitrogens with zero attached hydrogens (tertiary/aromatic N) is 5. The Morgan fingerprint density at radius 2 is 2.04 bits per heavy atom. The standard InChI is InChI=1S/C38H37F3N6O4/c1-3-26-28(40)6-5-22-11-25(48)12-27(29(22)26)32-31(41)33-30(35(42-32)49-2)34(46-16-24-7-9-38(19-46,45-24)23-17-50-18-23)44-36(43-33)51-20-37-8-4-10-47(37)15-21(13-37)14-39/h1,5-6,11-12,14,23-24,45,48H,4,7-10,13,15-20H2,2H3/b21-14+/t24?,37-,38?/m0/s1. The number of fused-ring (bicyclic) bond motifs is 5. The Bertz CT molecular complexity index is 2170. The van der Waals surface area contributed by atoms with Crippen LogP contribution in [0.1, 0.15) is 37.7 Å². The summed E-state index contributed by atoms with van der Waals surface area (Å²) >= 11 is 0. The predicted molar refractivity (Wildman–Crippen MR) is 185 cm³/mol. The highest BCUT2D eigenvalue weighted by atomic mass is 19.1. The van der Waals surface area contributed by atoms with E-state index >= 15 is 8.78 Å². The summed E-state index contributed by atoms with van der Waals surface area (Å²) in [7, 11) is 1.43. The molecule has 5 saturated heterocycles. The third-order valence-corrected chi connectivity index (χ3v) is 11.7. The summed E-state index contributed by atoms with van der Waals surface area (Å²) in [5, 5.41) is 15.4. The quantitative estimate of drug-likeness (QED) is 0.249. The Morgan fingerprint density at radius 3 is 2.80 bits per heavy atom. The number of anilines is 1. The molecule has 5 fully saturated rings. The van der Waals surface area contributed by atoms with Crippen LogP contribution in [0.5, 0.6) is 17.6 Å². The van der Waals surface area contributed by atoms with Gasteiger partial charge in [0.05, 0.1) is 37.8 Å². The largest absolute Gasteiger partial charge is 0.508 e. The van der Waals surface area contributed by atoms with Gasteiger partial charge in [-0.1, -0.05) is 12.0 Å². The van der Waals surface area contributed by atoms with Crippen LogP contribution in [-0.2, 0) is 4.74 Å². The first-order valence-corrected chi connectivity index (χ1v) is 17.4. The highest BCUT2D eigenvalue weighted by Crippen LogP contribution is 2.46. The molecule has 5 aliphatic rings. The molecular formula is C38H37F3N6O4. The Labute approximate surface area is 292 Å². The van der Waals surface area contributed by atoms with Crippen molar-refractivity contribution in [3.8, 4) is 41.2 Å². The molecule has 5 aliphatic heterocycles. The van der Waals surface area contributed by atoms with E-state index in [1.165, 1.54) is 31.4 Å². The van der Waals surface area contributed by atoms with Gasteiger partial charge in [0.1, 0.15) is 40.6 Å². The van der Waals surface area contributed by atoms with Crippen LogP contribution in [-0.4, -0.2) is 95.2 Å². The van der Waals surface area contributed by atoms with Crippen molar-refractivity contribution in [1.29, 1.82) is 0 Å². The molecule has 13 heteroatoms. The summed E-state index contributed by atoms with van der Waals surface area (Å²) in [5.41, 5.74) is -0.223. The van der Waals surface area contributed by atoms with E-state index in [0.29, 0.717) is 68.3 Å². The van der Waals surface area contributed by atoms with Gasteiger partial charge in [0, 0.05) is 48.1 Å². The Balaban J connectivity index is 1.23. The molecule has 2 N–H and O–H groups in total. The van der Waals surface area contributed by atoms with Gasteiger partial charge >= 0.3 is 6.01 Å². The second-order valence-corrected chi connectivity index (χ2v) is 14.6. The smallest absolute Gasteiger partial charge is 0.319 e. The normalized spacial score (nSPS) is 26.9. The van der Waals surface area contributed by atoms with Crippen LogP contribution in [0.3, 0.4) is 0 Å². The Kier molecular flexibility index (Phi) is 7.58. The number of ether oxygens (including phenoxy) is 3. The fourth-order valence-electron chi connectivity index (χ4n) is 9.21. The highest BCUT2D eigenvalue weighted by molar-refractivity contribution is 6.04. The molecule has 0 saturated carbocycles. The number of nitrogens with one attached hydrogen (secondary N) is 1. The second kappa shape index (κ2) is 12.0. The summed E-state index contributed by atoms with van der Waals surface area (Å²) in [6, 6.07) is 5.57. The van der Waals surface area contributed by atoms with E-state index in [-0.39, 0.29) is 68.9 Å². The molecule has 2 bridgehead atoms. The van der Waals surface area contributed by atoms with E-state index in [1.807, 2.05) is 0 Å². The summed E-state index contributed by atoms with van der Waals surface area (Å²) in [5.74, 6) is 1.52. The molecule has 9 rings (SSSR count). The molecule has 0 spiro atoms. The number of aromatic nitrogens is 3. The minimum atomic E-state index is -0.831. The summed E-state index contributed by atoms with van der Waals surface area (Å²) in [6.45, 7) is 4.11. The van der Waals surface area contributed by atoms with E-state index < -0.39 is 17.2 Å². The fourth-order valence-corrected chi connectivity index (χ4v) is 9.21. The van der Waals surface area contributed by atoms with Crippen molar-refractivity contribution in [3.05, 3.63) is 53.4 Å². The average Bonchev–Trinajstić information content (AvgIpc) is 3.76. The van der Waals surface area contributed by atoms with Crippen LogP contribution in [0.25, 0.3) is 32.9 Å². The second-order valence-electron chi connectivity index (χ2n) is 14.6. The van der Waals surface area contributed by atoms with E-state index in [4.69, 9.17) is 25.6 Å². The zero-order chi connectivity index (χ0) is 35.1. The summed E-state index contributed by atoms with van der Waals surface area (Å²) in [6.07, 6.45) is 10.7. The van der Waals surface area contributed by atoms with Crippen molar-refractivity contribution in [3.63, 3.8) is 0 Å². The number of methoxy groups -OCH3 is 1. The van der Waals surface area contributed by atoms with Crippen LogP contribution in [0.4, 0.5) is 19.0 Å². The van der Waals surface area contributed by atoms with E-state index in [0.717, 1.165) is 32.2 Å². The van der Waals surface area contributed by atoms with Gasteiger partial charge in [0.2, 0.25) is 5.88 Å². The third kappa shape index (κ3) is 5.02. The molecule has 7 heterocycles. The number of pyridine rings is 1. The van der Waals surface area contributed by atoms with Crippen LogP contribution >= 0.6 is 0 Å². The molecule has 2 aromatic heterocycles. The molecule has 264 valence electrons. The lowest BCUT2D eigenvalue weighted by Gasteiger charge is -2.49. The number of halogens is 3. The molecule has 10 nitrogen and oxygen atoms in total. The molecule has 2 unspecified atom stereocenters. The lowest BCUT2D eigenvalue weighted by Crippen LogP contribution is -2.66. The van der Waals surface area contributed by atoms with Crippen LogP contribution < -0.4 is 19.7 Å². The maximum atomic E-state index is 17.3. The minimum absolute atomic E-state index is 0.0301. The minimum Gasteiger partial charge on any atom is -0.508 e. The molecule has 0 amide bonds. The lowest BCUT2D eigenvalue weighted by molar-refractivity contribution is -0.0759. The molecule has 4 aromatic rings. The van der Waals surface area contributed by atoms with Gasteiger partial charge in [-0.2, -0.15) is 9.97 Å². The van der Waals surface area contributed by atoms with E-state index in [2.05, 4.69) is 31.0 Å². The number of aromatic hydroxyl groups is 1. The van der Waals surface area contributed by atoms with Crippen molar-refractivity contribution < 1.29 is 32.5 Å². The van der Waals surface area contributed by atoms with Crippen LogP contribution in [0.2, 0.25) is 0 Å². The van der Waals surface area contributed by atoms with Gasteiger partial charge in [-0.05, 0) is 67.8 Å². The fraction of sp³-hybridized carbons (Fsp3) is 0.447. The van der Waals surface area contributed by atoms with Crippen molar-refractivity contribution in [1.82, 2.24) is 25.2 Å². The molecule has 0 aliphatic carbocycles. The maximum absolute atomic E-state index is 17.3. The lowest BCUT2D eigenvalue weighted by atomic mass is 9.80. The topological polar surface area (TPSA) is 105 Å². The Hall–Kier alpha value is -4.64. The molecule has 51 heavy (non-hydrogen) atoms. The molecular weight excluding hydrogens is 661 g/mol. The van der Waals surface area contributed by atoms with Gasteiger partial charge < -0.3 is 29.5 Å². The van der Waals surface area contributed by atoms with Gasteiger partial charge in [0.15, 0.2) is 5.82 Å². The number of phenols is 1. The van der Waals surface area contributed by atoms with Crippen LogP contribution in [0.15, 0.2) is 36.2 Å².